The number of rotatable bonds is 3. The van der Waals surface area contributed by atoms with Crippen LogP contribution in [0.2, 0.25) is 0 Å². The van der Waals surface area contributed by atoms with Crippen LogP contribution in [0.5, 0.6) is 0 Å². The Kier molecular flexibility index (Phi) is 4.27. The minimum Gasteiger partial charge on any atom is -0.354 e. The molecule has 3 amide bonds. The van der Waals surface area contributed by atoms with Crippen LogP contribution in [0.15, 0.2) is 40.9 Å². The van der Waals surface area contributed by atoms with E-state index in [1.54, 1.807) is 6.07 Å². The molecule has 3 rings (SSSR count). The minimum atomic E-state index is -0.538. The van der Waals surface area contributed by atoms with Gasteiger partial charge in [0.05, 0.1) is 0 Å². The van der Waals surface area contributed by atoms with Gasteiger partial charge in [-0.3, -0.25) is 10.1 Å². The van der Waals surface area contributed by atoms with E-state index in [9.17, 15) is 9.59 Å². The van der Waals surface area contributed by atoms with Crippen molar-refractivity contribution >= 4 is 17.8 Å². The normalized spacial score (nSPS) is 20.7. The maximum absolute atomic E-state index is 12.0. The molecule has 1 saturated heterocycles. The van der Waals surface area contributed by atoms with Crippen molar-refractivity contribution in [3.8, 4) is 11.3 Å². The molecular weight excluding hydrogens is 296 g/mol. The number of piperidine rings is 1. The molecule has 3 N–H and O–H groups in total. The molecule has 0 spiro atoms. The molecule has 2 aromatic rings. The predicted octanol–water partition coefficient (Wildman–Crippen LogP) is 1.99. The molecule has 0 radical (unpaired) electrons. The fraction of sp³-hybridized carbons (Fsp3) is 0.312. The Labute approximate surface area is 133 Å². The van der Waals surface area contributed by atoms with Crippen molar-refractivity contribution in [2.45, 2.75) is 19.4 Å². The molecule has 1 fully saturated rings. The number of anilines is 1. The maximum Gasteiger partial charge on any atom is 0.321 e. The van der Waals surface area contributed by atoms with Crippen molar-refractivity contribution < 1.29 is 14.1 Å². The van der Waals surface area contributed by atoms with Crippen LogP contribution in [0, 0.1) is 5.92 Å². The Morgan fingerprint density at radius 2 is 2.13 bits per heavy atom. The number of benzene rings is 1. The van der Waals surface area contributed by atoms with Crippen LogP contribution < -0.4 is 16.0 Å². The molecule has 0 saturated carbocycles. The molecule has 1 aliphatic heterocycles. The van der Waals surface area contributed by atoms with Gasteiger partial charge >= 0.3 is 6.03 Å². The summed E-state index contributed by atoms with van der Waals surface area (Å²) in [6, 6.07) is 10.1. The second-order valence-corrected chi connectivity index (χ2v) is 5.58. The largest absolute Gasteiger partial charge is 0.354 e. The smallest absolute Gasteiger partial charge is 0.321 e. The van der Waals surface area contributed by atoms with Gasteiger partial charge in [-0.25, -0.2) is 4.79 Å². The first kappa shape index (κ1) is 15.1. The second-order valence-electron chi connectivity index (χ2n) is 5.58. The quantitative estimate of drug-likeness (QED) is 0.807. The summed E-state index contributed by atoms with van der Waals surface area (Å²) in [5, 5.41) is 11.8. The Morgan fingerprint density at radius 1 is 1.35 bits per heavy atom. The average Bonchev–Trinajstić information content (AvgIpc) is 3.00. The zero-order valence-corrected chi connectivity index (χ0v) is 12.7. The highest BCUT2D eigenvalue weighted by Crippen LogP contribution is 2.22. The first-order valence-corrected chi connectivity index (χ1v) is 7.51. The van der Waals surface area contributed by atoms with Crippen molar-refractivity contribution in [2.24, 2.45) is 5.92 Å². The van der Waals surface area contributed by atoms with Crippen molar-refractivity contribution in [1.29, 1.82) is 0 Å². The summed E-state index contributed by atoms with van der Waals surface area (Å²) in [5.74, 6) is 0.783. The van der Waals surface area contributed by atoms with Gasteiger partial charge in [0, 0.05) is 18.2 Å². The fourth-order valence-electron chi connectivity index (χ4n) is 2.53. The molecule has 0 unspecified atom stereocenters. The van der Waals surface area contributed by atoms with Crippen molar-refractivity contribution in [1.82, 2.24) is 15.8 Å². The first-order chi connectivity index (χ1) is 11.1. The number of amides is 3. The molecule has 2 heterocycles. The lowest BCUT2D eigenvalue weighted by atomic mass is 9.94. The highest BCUT2D eigenvalue weighted by Gasteiger charge is 2.30. The third-order valence-electron chi connectivity index (χ3n) is 3.85. The molecule has 7 nitrogen and oxygen atoms in total. The highest BCUT2D eigenvalue weighted by molar-refractivity contribution is 5.93. The van der Waals surface area contributed by atoms with E-state index in [2.05, 4.69) is 21.1 Å². The maximum atomic E-state index is 12.0. The summed E-state index contributed by atoms with van der Waals surface area (Å²) in [5.41, 5.74) is 0.869. The monoisotopic (exact) mass is 314 g/mol. The van der Waals surface area contributed by atoms with Crippen LogP contribution in [0.3, 0.4) is 0 Å². The zero-order chi connectivity index (χ0) is 16.2. The highest BCUT2D eigenvalue weighted by atomic mass is 16.5. The lowest BCUT2D eigenvalue weighted by Crippen LogP contribution is -2.55. The molecule has 1 aromatic carbocycles. The first-order valence-electron chi connectivity index (χ1n) is 7.51. The van der Waals surface area contributed by atoms with Gasteiger partial charge in [-0.05, 0) is 12.3 Å². The molecule has 1 aliphatic rings. The van der Waals surface area contributed by atoms with E-state index in [1.807, 2.05) is 37.3 Å². The van der Waals surface area contributed by atoms with Gasteiger partial charge < -0.3 is 15.2 Å². The Bertz CT molecular complexity index is 698. The second kappa shape index (κ2) is 6.51. The Balaban J connectivity index is 1.62. The van der Waals surface area contributed by atoms with E-state index in [-0.39, 0.29) is 11.8 Å². The number of hydrogen-bond donors (Lipinski definition) is 3. The standard InChI is InChI=1S/C16H18N4O3/c1-10-7-8-17-15(21)14(10)19-16(22)18-13-9-12(23-20-13)11-5-3-2-4-6-11/h2-6,9-10,14H,7-8H2,1H3,(H,17,21)(H2,18,19,20,22)/t10-,14+/m1/s1. The number of aromatic nitrogens is 1. The topological polar surface area (TPSA) is 96.3 Å². The van der Waals surface area contributed by atoms with Gasteiger partial charge in [0.1, 0.15) is 6.04 Å². The molecule has 0 aliphatic carbocycles. The van der Waals surface area contributed by atoms with Gasteiger partial charge in [-0.1, -0.05) is 42.4 Å². The summed E-state index contributed by atoms with van der Waals surface area (Å²) in [7, 11) is 0. The van der Waals surface area contributed by atoms with E-state index in [1.165, 1.54) is 0 Å². The SMILES string of the molecule is C[C@@H]1CCNC(=O)[C@H]1NC(=O)Nc1cc(-c2ccccc2)on1. The minimum absolute atomic E-state index is 0.0895. The van der Waals surface area contributed by atoms with E-state index >= 15 is 0 Å². The van der Waals surface area contributed by atoms with Gasteiger partial charge in [-0.15, -0.1) is 0 Å². The number of carbonyl (C=O) groups excluding carboxylic acids is 2. The van der Waals surface area contributed by atoms with E-state index < -0.39 is 12.1 Å². The van der Waals surface area contributed by atoms with E-state index in [0.29, 0.717) is 18.1 Å². The van der Waals surface area contributed by atoms with Crippen LogP contribution in [0.1, 0.15) is 13.3 Å². The van der Waals surface area contributed by atoms with Crippen LogP contribution >= 0.6 is 0 Å². The molecule has 2 atom stereocenters. The molecule has 1 aromatic heterocycles. The number of urea groups is 1. The fourth-order valence-corrected chi connectivity index (χ4v) is 2.53. The number of hydrogen-bond acceptors (Lipinski definition) is 4. The predicted molar refractivity (Wildman–Crippen MR) is 84.7 cm³/mol. The van der Waals surface area contributed by atoms with Crippen LogP contribution in [-0.4, -0.2) is 29.7 Å². The Hall–Kier alpha value is -2.83. The van der Waals surface area contributed by atoms with Crippen LogP contribution in [0.25, 0.3) is 11.3 Å². The lowest BCUT2D eigenvalue weighted by Gasteiger charge is -2.28. The third-order valence-corrected chi connectivity index (χ3v) is 3.85. The molecular formula is C16H18N4O3. The van der Waals surface area contributed by atoms with E-state index in [0.717, 1.165) is 12.0 Å². The summed E-state index contributed by atoms with van der Waals surface area (Å²) < 4.78 is 5.21. The molecule has 0 bridgehead atoms. The molecule has 120 valence electrons. The van der Waals surface area contributed by atoms with Crippen LogP contribution in [0.4, 0.5) is 10.6 Å². The van der Waals surface area contributed by atoms with Crippen LogP contribution in [-0.2, 0) is 4.79 Å². The van der Waals surface area contributed by atoms with Crippen molar-refractivity contribution in [3.63, 3.8) is 0 Å². The average molecular weight is 314 g/mol. The van der Waals surface area contributed by atoms with E-state index in [4.69, 9.17) is 4.52 Å². The molecule has 7 heteroatoms. The summed E-state index contributed by atoms with van der Waals surface area (Å²) in [6.07, 6.45) is 0.832. The number of nitrogens with zero attached hydrogens (tertiary/aromatic N) is 1. The number of nitrogens with one attached hydrogen (secondary N) is 3. The third kappa shape index (κ3) is 3.50. The van der Waals surface area contributed by atoms with Gasteiger partial charge in [0.2, 0.25) is 5.91 Å². The van der Waals surface area contributed by atoms with Crippen molar-refractivity contribution in [2.75, 3.05) is 11.9 Å². The van der Waals surface area contributed by atoms with Gasteiger partial charge in [0.25, 0.3) is 0 Å². The lowest BCUT2D eigenvalue weighted by molar-refractivity contribution is -0.125. The molecule has 23 heavy (non-hydrogen) atoms. The Morgan fingerprint density at radius 3 is 2.87 bits per heavy atom. The van der Waals surface area contributed by atoms with Crippen molar-refractivity contribution in [3.05, 3.63) is 36.4 Å². The summed E-state index contributed by atoms with van der Waals surface area (Å²) in [4.78, 5) is 23.8. The zero-order valence-electron chi connectivity index (χ0n) is 12.7. The van der Waals surface area contributed by atoms with Gasteiger partial charge in [-0.2, -0.15) is 0 Å². The van der Waals surface area contributed by atoms with Gasteiger partial charge in [0.15, 0.2) is 11.6 Å². The summed E-state index contributed by atoms with van der Waals surface area (Å²) in [6.45, 7) is 2.58. The number of carbonyl (C=O) groups is 2. The summed E-state index contributed by atoms with van der Waals surface area (Å²) >= 11 is 0.